The lowest BCUT2D eigenvalue weighted by Crippen LogP contribution is -2.44. The van der Waals surface area contributed by atoms with Crippen LogP contribution in [0.4, 0.5) is 10.5 Å². The van der Waals surface area contributed by atoms with Gasteiger partial charge >= 0.3 is 6.03 Å². The van der Waals surface area contributed by atoms with Gasteiger partial charge < -0.3 is 10.6 Å². The quantitative estimate of drug-likeness (QED) is 0.541. The van der Waals surface area contributed by atoms with Crippen molar-refractivity contribution in [1.29, 1.82) is 0 Å². The Kier molecular flexibility index (Phi) is 6.36. The van der Waals surface area contributed by atoms with E-state index in [-0.39, 0.29) is 24.1 Å². The third-order valence-electron chi connectivity index (χ3n) is 4.68. The first kappa shape index (κ1) is 20.6. The van der Waals surface area contributed by atoms with E-state index in [9.17, 15) is 19.2 Å². The molecule has 1 aliphatic heterocycles. The van der Waals surface area contributed by atoms with Gasteiger partial charge in [-0.3, -0.25) is 19.3 Å². The van der Waals surface area contributed by atoms with Crippen LogP contribution in [0.2, 0.25) is 0 Å². The van der Waals surface area contributed by atoms with Gasteiger partial charge in [0.25, 0.3) is 5.91 Å². The molecule has 0 radical (unpaired) electrons. The summed E-state index contributed by atoms with van der Waals surface area (Å²) in [5.41, 5.74) is 0.00571. The molecular weight excluding hydrogens is 346 g/mol. The molecule has 1 heterocycles. The number of amides is 4. The number of hydrogen-bond donors (Lipinski definition) is 2. The van der Waals surface area contributed by atoms with Crippen molar-refractivity contribution in [2.24, 2.45) is 5.92 Å². The summed E-state index contributed by atoms with van der Waals surface area (Å²) in [5, 5.41) is 5.42. The number of benzene rings is 1. The van der Waals surface area contributed by atoms with Gasteiger partial charge in [0.15, 0.2) is 5.78 Å². The number of urea groups is 1. The zero-order chi connectivity index (χ0) is 20.2. The topological polar surface area (TPSA) is 95.6 Å². The summed E-state index contributed by atoms with van der Waals surface area (Å²) in [6, 6.07) is 5.86. The maximum absolute atomic E-state index is 12.7. The summed E-state index contributed by atoms with van der Waals surface area (Å²) < 4.78 is 0. The molecule has 4 amide bonds. The van der Waals surface area contributed by atoms with Crippen molar-refractivity contribution in [3.05, 3.63) is 29.8 Å². The van der Waals surface area contributed by atoms with E-state index in [1.54, 1.807) is 38.1 Å². The first-order chi connectivity index (χ1) is 12.7. The van der Waals surface area contributed by atoms with Crippen LogP contribution in [0.5, 0.6) is 0 Å². The normalized spacial score (nSPS) is 19.4. The van der Waals surface area contributed by atoms with E-state index in [0.717, 1.165) is 11.3 Å². The Balaban J connectivity index is 2.03. The van der Waals surface area contributed by atoms with Crippen LogP contribution in [-0.2, 0) is 9.59 Å². The van der Waals surface area contributed by atoms with Gasteiger partial charge in [0, 0.05) is 17.7 Å². The summed E-state index contributed by atoms with van der Waals surface area (Å²) >= 11 is 0. The van der Waals surface area contributed by atoms with Crippen molar-refractivity contribution in [3.8, 4) is 0 Å². The molecule has 27 heavy (non-hydrogen) atoms. The predicted octanol–water partition coefficient (Wildman–Crippen LogP) is 2.96. The second kappa shape index (κ2) is 8.33. The van der Waals surface area contributed by atoms with E-state index in [4.69, 9.17) is 0 Å². The molecule has 1 aromatic rings. The Morgan fingerprint density at radius 2 is 1.81 bits per heavy atom. The zero-order valence-corrected chi connectivity index (χ0v) is 16.3. The minimum absolute atomic E-state index is 0.117. The number of rotatable bonds is 8. The molecule has 1 aromatic carbocycles. The van der Waals surface area contributed by atoms with Gasteiger partial charge in [-0.15, -0.1) is 0 Å². The number of hydrogen-bond acceptors (Lipinski definition) is 4. The molecule has 2 N–H and O–H groups in total. The lowest BCUT2D eigenvalue weighted by Gasteiger charge is -2.22. The van der Waals surface area contributed by atoms with Crippen molar-refractivity contribution in [2.45, 2.75) is 52.5 Å². The Morgan fingerprint density at radius 3 is 2.37 bits per heavy atom. The molecule has 1 saturated heterocycles. The highest BCUT2D eigenvalue weighted by molar-refractivity contribution is 6.11. The summed E-state index contributed by atoms with van der Waals surface area (Å²) in [4.78, 5) is 49.8. The molecule has 0 saturated carbocycles. The fourth-order valence-electron chi connectivity index (χ4n) is 2.86. The fourth-order valence-corrected chi connectivity index (χ4v) is 2.86. The number of nitrogens with one attached hydrogen (secondary N) is 2. The van der Waals surface area contributed by atoms with Crippen molar-refractivity contribution in [2.75, 3.05) is 11.9 Å². The molecule has 1 aliphatic rings. The molecule has 1 atom stereocenters. The summed E-state index contributed by atoms with van der Waals surface area (Å²) in [6.45, 7) is 7.26. The van der Waals surface area contributed by atoms with Crippen molar-refractivity contribution < 1.29 is 19.2 Å². The molecule has 0 spiro atoms. The average molecular weight is 373 g/mol. The van der Waals surface area contributed by atoms with E-state index in [0.29, 0.717) is 30.0 Å². The van der Waals surface area contributed by atoms with Gasteiger partial charge in [0.05, 0.1) is 6.54 Å². The van der Waals surface area contributed by atoms with Crippen LogP contribution in [0, 0.1) is 5.92 Å². The standard InChI is InChI=1S/C20H27N3O4/c1-5-17(25)21-15-8-6-14(7-9-15)16(24)12-23-18(26)20(4,22-19(23)27)11-10-13(2)3/h6-9,13H,5,10-12H2,1-4H3,(H,21,25)(H,22,27). The van der Waals surface area contributed by atoms with E-state index < -0.39 is 11.6 Å². The largest absolute Gasteiger partial charge is 0.326 e. The van der Waals surface area contributed by atoms with Crippen molar-refractivity contribution in [3.63, 3.8) is 0 Å². The summed E-state index contributed by atoms with van der Waals surface area (Å²) in [5.74, 6) is -0.406. The van der Waals surface area contributed by atoms with Crippen LogP contribution in [-0.4, -0.2) is 40.6 Å². The van der Waals surface area contributed by atoms with Crippen LogP contribution in [0.15, 0.2) is 24.3 Å². The minimum atomic E-state index is -0.962. The molecular formula is C20H27N3O4. The number of anilines is 1. The van der Waals surface area contributed by atoms with Gasteiger partial charge in [-0.2, -0.15) is 0 Å². The maximum atomic E-state index is 12.7. The number of ketones is 1. The Hall–Kier alpha value is -2.70. The number of nitrogens with zero attached hydrogens (tertiary/aromatic N) is 1. The molecule has 146 valence electrons. The molecule has 0 aromatic heterocycles. The highest BCUT2D eigenvalue weighted by Crippen LogP contribution is 2.25. The number of imide groups is 1. The average Bonchev–Trinajstić information content (AvgIpc) is 2.84. The molecule has 7 nitrogen and oxygen atoms in total. The van der Waals surface area contributed by atoms with Gasteiger partial charge in [0.2, 0.25) is 5.91 Å². The molecule has 2 rings (SSSR count). The molecule has 1 fully saturated rings. The van der Waals surface area contributed by atoms with Gasteiger partial charge in [0.1, 0.15) is 5.54 Å². The third-order valence-corrected chi connectivity index (χ3v) is 4.68. The monoisotopic (exact) mass is 373 g/mol. The fraction of sp³-hybridized carbons (Fsp3) is 0.500. The zero-order valence-electron chi connectivity index (χ0n) is 16.3. The van der Waals surface area contributed by atoms with Crippen LogP contribution in [0.1, 0.15) is 57.3 Å². The molecule has 0 bridgehead atoms. The van der Waals surface area contributed by atoms with Gasteiger partial charge in [-0.05, 0) is 49.9 Å². The highest BCUT2D eigenvalue weighted by Gasteiger charge is 2.47. The second-order valence-corrected chi connectivity index (χ2v) is 7.49. The van der Waals surface area contributed by atoms with E-state index in [1.807, 2.05) is 0 Å². The first-order valence-corrected chi connectivity index (χ1v) is 9.23. The van der Waals surface area contributed by atoms with Gasteiger partial charge in [-0.1, -0.05) is 20.8 Å². The second-order valence-electron chi connectivity index (χ2n) is 7.49. The Morgan fingerprint density at radius 1 is 1.19 bits per heavy atom. The maximum Gasteiger partial charge on any atom is 0.325 e. The number of carbonyl (C=O) groups is 4. The lowest BCUT2D eigenvalue weighted by atomic mass is 9.92. The van der Waals surface area contributed by atoms with Crippen molar-refractivity contribution in [1.82, 2.24) is 10.2 Å². The summed E-state index contributed by atoms with van der Waals surface area (Å²) in [7, 11) is 0. The van der Waals surface area contributed by atoms with Crippen LogP contribution in [0.3, 0.4) is 0 Å². The SMILES string of the molecule is CCC(=O)Nc1ccc(C(=O)CN2C(=O)NC(C)(CCC(C)C)C2=O)cc1. The number of carbonyl (C=O) groups excluding carboxylic acids is 4. The van der Waals surface area contributed by atoms with Crippen LogP contribution in [0.25, 0.3) is 0 Å². The molecule has 1 unspecified atom stereocenters. The lowest BCUT2D eigenvalue weighted by molar-refractivity contribution is -0.130. The molecule has 0 aliphatic carbocycles. The third kappa shape index (κ3) is 4.93. The number of Topliss-reactive ketones (excluding diaryl/α,β-unsaturated/α-hetero) is 1. The minimum Gasteiger partial charge on any atom is -0.326 e. The van der Waals surface area contributed by atoms with Gasteiger partial charge in [-0.25, -0.2) is 4.79 Å². The van der Waals surface area contributed by atoms with Crippen LogP contribution >= 0.6 is 0 Å². The Bertz CT molecular complexity index is 742. The summed E-state index contributed by atoms with van der Waals surface area (Å²) in [6.07, 6.45) is 1.70. The van der Waals surface area contributed by atoms with E-state index in [1.165, 1.54) is 0 Å². The highest BCUT2D eigenvalue weighted by atomic mass is 16.2. The predicted molar refractivity (Wildman–Crippen MR) is 102 cm³/mol. The first-order valence-electron chi connectivity index (χ1n) is 9.23. The van der Waals surface area contributed by atoms with E-state index in [2.05, 4.69) is 24.5 Å². The van der Waals surface area contributed by atoms with Crippen LogP contribution < -0.4 is 10.6 Å². The molecule has 7 heteroatoms. The van der Waals surface area contributed by atoms with Crippen molar-refractivity contribution >= 4 is 29.3 Å². The van der Waals surface area contributed by atoms with E-state index >= 15 is 0 Å². The smallest absolute Gasteiger partial charge is 0.325 e. The Labute approximate surface area is 159 Å².